The third-order valence-electron chi connectivity index (χ3n) is 4.48. The summed E-state index contributed by atoms with van der Waals surface area (Å²) in [6, 6.07) is 9.60. The van der Waals surface area contributed by atoms with Gasteiger partial charge < -0.3 is 15.1 Å². The summed E-state index contributed by atoms with van der Waals surface area (Å²) in [5.41, 5.74) is 7.05. The van der Waals surface area contributed by atoms with Gasteiger partial charge in [0.15, 0.2) is 11.6 Å². The molecule has 0 aliphatic carbocycles. The van der Waals surface area contributed by atoms with Crippen molar-refractivity contribution in [3.8, 4) is 0 Å². The van der Waals surface area contributed by atoms with Crippen molar-refractivity contribution in [3.05, 3.63) is 53.7 Å². The van der Waals surface area contributed by atoms with Gasteiger partial charge in [0, 0.05) is 33.1 Å². The van der Waals surface area contributed by atoms with Crippen LogP contribution < -0.4 is 5.73 Å². The van der Waals surface area contributed by atoms with Crippen LogP contribution in [0.25, 0.3) is 0 Å². The Morgan fingerprint density at radius 3 is 2.68 bits per heavy atom. The van der Waals surface area contributed by atoms with Crippen molar-refractivity contribution >= 4 is 11.8 Å². The van der Waals surface area contributed by atoms with Crippen LogP contribution in [0, 0.1) is 6.92 Å². The molecule has 2 N–H and O–H groups in total. The molecule has 0 unspecified atom stereocenters. The first-order valence-electron chi connectivity index (χ1n) is 8.33. The predicted molar refractivity (Wildman–Crippen MR) is 91.8 cm³/mol. The highest BCUT2D eigenvalue weighted by Crippen LogP contribution is 2.14. The standard InChI is InChI=1S/C18H22N4O3/c1-13-20-15(12-25-13)18(24)22-10-9-21(16(11-22)17(19)23)8-7-14-5-3-2-4-6-14/h2-6,12,16H,7-11H2,1H3,(H2,19,23)/t16-/m1/s1. The number of nitrogens with zero attached hydrogens (tertiary/aromatic N) is 3. The van der Waals surface area contributed by atoms with Crippen LogP contribution in [-0.4, -0.2) is 58.8 Å². The van der Waals surface area contributed by atoms with Crippen LogP contribution in [0.1, 0.15) is 21.9 Å². The number of amides is 2. The molecule has 1 aliphatic rings. The summed E-state index contributed by atoms with van der Waals surface area (Å²) >= 11 is 0. The summed E-state index contributed by atoms with van der Waals surface area (Å²) in [6.45, 7) is 3.81. The van der Waals surface area contributed by atoms with Crippen LogP contribution in [0.3, 0.4) is 0 Å². The molecule has 1 saturated heterocycles. The Hall–Kier alpha value is -2.67. The highest BCUT2D eigenvalue weighted by Gasteiger charge is 2.33. The van der Waals surface area contributed by atoms with Crippen molar-refractivity contribution in [1.29, 1.82) is 0 Å². The summed E-state index contributed by atoms with van der Waals surface area (Å²) in [6.07, 6.45) is 2.18. The van der Waals surface area contributed by atoms with E-state index in [2.05, 4.69) is 17.1 Å². The normalized spacial score (nSPS) is 18.3. The van der Waals surface area contributed by atoms with E-state index < -0.39 is 11.9 Å². The van der Waals surface area contributed by atoms with E-state index in [1.165, 1.54) is 11.8 Å². The molecule has 2 heterocycles. The first-order valence-corrected chi connectivity index (χ1v) is 8.33. The molecular formula is C18H22N4O3. The first-order chi connectivity index (χ1) is 12.0. The molecule has 1 atom stereocenters. The first kappa shape index (κ1) is 17.2. The zero-order valence-corrected chi connectivity index (χ0v) is 14.2. The van der Waals surface area contributed by atoms with Crippen molar-refractivity contribution in [1.82, 2.24) is 14.8 Å². The largest absolute Gasteiger partial charge is 0.448 e. The summed E-state index contributed by atoms with van der Waals surface area (Å²) in [7, 11) is 0. The third kappa shape index (κ3) is 4.06. The second kappa shape index (κ2) is 7.48. The van der Waals surface area contributed by atoms with E-state index in [0.717, 1.165) is 13.0 Å². The van der Waals surface area contributed by atoms with Crippen molar-refractivity contribution < 1.29 is 14.0 Å². The molecule has 2 amide bonds. The maximum Gasteiger partial charge on any atom is 0.275 e. The highest BCUT2D eigenvalue weighted by atomic mass is 16.3. The smallest absolute Gasteiger partial charge is 0.275 e. The van der Waals surface area contributed by atoms with E-state index in [-0.39, 0.29) is 18.1 Å². The molecule has 7 heteroatoms. The summed E-state index contributed by atoms with van der Waals surface area (Å²) in [5, 5.41) is 0. The number of rotatable bonds is 5. The molecule has 25 heavy (non-hydrogen) atoms. The fourth-order valence-electron chi connectivity index (χ4n) is 3.08. The van der Waals surface area contributed by atoms with E-state index in [9.17, 15) is 9.59 Å². The van der Waals surface area contributed by atoms with Crippen LogP contribution in [0.15, 0.2) is 41.0 Å². The number of aromatic nitrogens is 1. The van der Waals surface area contributed by atoms with E-state index in [0.29, 0.717) is 19.0 Å². The molecule has 0 saturated carbocycles. The lowest BCUT2D eigenvalue weighted by atomic mass is 10.1. The molecule has 3 rings (SSSR count). The average molecular weight is 342 g/mol. The molecular weight excluding hydrogens is 320 g/mol. The third-order valence-corrected chi connectivity index (χ3v) is 4.48. The Kier molecular flexibility index (Phi) is 5.14. The number of benzene rings is 1. The molecule has 1 aromatic heterocycles. The molecule has 1 fully saturated rings. The Balaban J connectivity index is 1.64. The predicted octanol–water partition coefficient (Wildman–Crippen LogP) is 0.837. The van der Waals surface area contributed by atoms with Crippen LogP contribution in [0.4, 0.5) is 0 Å². The number of carbonyl (C=O) groups excluding carboxylic acids is 2. The van der Waals surface area contributed by atoms with Crippen LogP contribution >= 0.6 is 0 Å². The van der Waals surface area contributed by atoms with Crippen molar-refractivity contribution in [2.24, 2.45) is 5.73 Å². The molecule has 0 spiro atoms. The quantitative estimate of drug-likeness (QED) is 0.869. The number of carbonyl (C=O) groups is 2. The zero-order valence-electron chi connectivity index (χ0n) is 14.2. The van der Waals surface area contributed by atoms with Gasteiger partial charge in [0.05, 0.1) is 0 Å². The van der Waals surface area contributed by atoms with Gasteiger partial charge in [0.2, 0.25) is 5.91 Å². The number of piperazine rings is 1. The fourth-order valence-corrected chi connectivity index (χ4v) is 3.08. The molecule has 2 aromatic rings. The van der Waals surface area contributed by atoms with Gasteiger partial charge in [-0.3, -0.25) is 14.5 Å². The second-order valence-corrected chi connectivity index (χ2v) is 6.19. The Morgan fingerprint density at radius 2 is 2.04 bits per heavy atom. The minimum absolute atomic E-state index is 0.231. The number of nitrogens with two attached hydrogens (primary N) is 1. The lowest BCUT2D eigenvalue weighted by Crippen LogP contribution is -2.59. The summed E-state index contributed by atoms with van der Waals surface area (Å²) in [4.78, 5) is 32.1. The number of hydrogen-bond acceptors (Lipinski definition) is 5. The number of hydrogen-bond donors (Lipinski definition) is 1. The number of primary amides is 1. The Bertz CT molecular complexity index is 744. The van der Waals surface area contributed by atoms with Gasteiger partial charge in [-0.2, -0.15) is 0 Å². The summed E-state index contributed by atoms with van der Waals surface area (Å²) in [5.74, 6) is -0.205. The maximum absolute atomic E-state index is 12.5. The molecule has 1 aliphatic heterocycles. The van der Waals surface area contributed by atoms with Crippen LogP contribution in [0.5, 0.6) is 0 Å². The highest BCUT2D eigenvalue weighted by molar-refractivity contribution is 5.92. The van der Waals surface area contributed by atoms with E-state index in [1.807, 2.05) is 23.1 Å². The SMILES string of the molecule is Cc1nc(C(=O)N2CCN(CCc3ccccc3)[C@@H](C(N)=O)C2)co1. The molecule has 0 bridgehead atoms. The average Bonchev–Trinajstić information content (AvgIpc) is 3.06. The minimum atomic E-state index is -0.491. The number of oxazole rings is 1. The monoisotopic (exact) mass is 342 g/mol. The van der Waals surface area contributed by atoms with Crippen LogP contribution in [0.2, 0.25) is 0 Å². The molecule has 1 aromatic carbocycles. The van der Waals surface area contributed by atoms with E-state index >= 15 is 0 Å². The maximum atomic E-state index is 12.5. The number of aryl methyl sites for hydroxylation is 1. The van der Waals surface area contributed by atoms with Crippen molar-refractivity contribution in [2.45, 2.75) is 19.4 Å². The van der Waals surface area contributed by atoms with Gasteiger partial charge in [-0.1, -0.05) is 30.3 Å². The molecule has 0 radical (unpaired) electrons. The minimum Gasteiger partial charge on any atom is -0.448 e. The topological polar surface area (TPSA) is 92.7 Å². The molecule has 132 valence electrons. The van der Waals surface area contributed by atoms with Gasteiger partial charge >= 0.3 is 0 Å². The van der Waals surface area contributed by atoms with Crippen LogP contribution in [-0.2, 0) is 11.2 Å². The Morgan fingerprint density at radius 1 is 1.28 bits per heavy atom. The van der Waals surface area contributed by atoms with Gasteiger partial charge in [0.1, 0.15) is 12.3 Å². The van der Waals surface area contributed by atoms with Gasteiger partial charge in [-0.05, 0) is 12.0 Å². The fraction of sp³-hybridized carbons (Fsp3) is 0.389. The molecule has 7 nitrogen and oxygen atoms in total. The van der Waals surface area contributed by atoms with Gasteiger partial charge in [0.25, 0.3) is 5.91 Å². The lowest BCUT2D eigenvalue weighted by Gasteiger charge is -2.39. The lowest BCUT2D eigenvalue weighted by molar-refractivity contribution is -0.125. The van der Waals surface area contributed by atoms with E-state index in [4.69, 9.17) is 10.2 Å². The second-order valence-electron chi connectivity index (χ2n) is 6.19. The van der Waals surface area contributed by atoms with Gasteiger partial charge in [-0.25, -0.2) is 4.98 Å². The van der Waals surface area contributed by atoms with Gasteiger partial charge in [-0.15, -0.1) is 0 Å². The zero-order chi connectivity index (χ0) is 17.8. The van der Waals surface area contributed by atoms with Crippen molar-refractivity contribution in [2.75, 3.05) is 26.2 Å². The Labute approximate surface area is 146 Å². The van der Waals surface area contributed by atoms with Crippen molar-refractivity contribution in [3.63, 3.8) is 0 Å². The summed E-state index contributed by atoms with van der Waals surface area (Å²) < 4.78 is 5.10. The van der Waals surface area contributed by atoms with E-state index in [1.54, 1.807) is 11.8 Å².